The molecule has 0 aromatic carbocycles. The first-order valence-electron chi connectivity index (χ1n) is 6.63. The maximum atomic E-state index is 12.6. The van der Waals surface area contributed by atoms with Gasteiger partial charge in [0.15, 0.2) is 0 Å². The Morgan fingerprint density at radius 3 is 2.56 bits per heavy atom. The van der Waals surface area contributed by atoms with Gasteiger partial charge >= 0.3 is 0 Å². The van der Waals surface area contributed by atoms with Crippen LogP contribution in [0.1, 0.15) is 40.0 Å². The summed E-state index contributed by atoms with van der Waals surface area (Å²) in [5.41, 5.74) is 0.491. The fourth-order valence-corrected chi connectivity index (χ4v) is 5.70. The predicted molar refractivity (Wildman–Crippen MR) is 76.4 cm³/mol. The van der Waals surface area contributed by atoms with Gasteiger partial charge in [-0.25, -0.2) is 0 Å². The van der Waals surface area contributed by atoms with E-state index in [2.05, 4.69) is 27.4 Å². The van der Waals surface area contributed by atoms with Crippen molar-refractivity contribution in [1.82, 2.24) is 0 Å². The average molecular weight is 268 g/mol. The first-order chi connectivity index (χ1) is 8.34. The van der Waals surface area contributed by atoms with E-state index >= 15 is 0 Å². The van der Waals surface area contributed by atoms with Crippen molar-refractivity contribution in [3.8, 4) is 0 Å². The maximum Gasteiger partial charge on any atom is 0.0836 e. The SMILES string of the molecule is C=C(/C=C/OC)[S@@](=O)[C@H]1C[C@@H]2CC[C@@]1(C)C2(C)C. The van der Waals surface area contributed by atoms with E-state index in [9.17, 15) is 4.21 Å². The van der Waals surface area contributed by atoms with E-state index in [-0.39, 0.29) is 10.7 Å². The Kier molecular flexibility index (Phi) is 3.48. The molecule has 0 saturated heterocycles. The van der Waals surface area contributed by atoms with E-state index in [1.165, 1.54) is 12.8 Å². The van der Waals surface area contributed by atoms with Crippen molar-refractivity contribution < 1.29 is 8.95 Å². The highest BCUT2D eigenvalue weighted by molar-refractivity contribution is 7.89. The quantitative estimate of drug-likeness (QED) is 0.575. The number of methoxy groups -OCH3 is 1. The lowest BCUT2D eigenvalue weighted by Crippen LogP contribution is -2.38. The first kappa shape index (κ1) is 13.9. The third-order valence-electron chi connectivity index (χ3n) is 5.62. The van der Waals surface area contributed by atoms with Gasteiger partial charge in [-0.3, -0.25) is 4.21 Å². The molecule has 0 aromatic heterocycles. The minimum atomic E-state index is -0.988. The Morgan fingerprint density at radius 1 is 1.44 bits per heavy atom. The molecule has 2 bridgehead atoms. The molecular formula is C15H24O2S. The van der Waals surface area contributed by atoms with Gasteiger partial charge in [0.1, 0.15) is 0 Å². The van der Waals surface area contributed by atoms with Gasteiger partial charge in [-0.05, 0) is 42.1 Å². The number of rotatable bonds is 4. The molecule has 0 aromatic rings. The standard InChI is InChI=1S/C15H24O2S/c1-11(7-9-17-5)18(16)13-10-12-6-8-15(13,4)14(12,2)3/h7,9,12-13H,1,6,8,10H2,2-5H3/b9-7+/t12-,13-,15+,18+/m0/s1. The van der Waals surface area contributed by atoms with Crippen LogP contribution in [0, 0.1) is 16.7 Å². The first-order valence-corrected chi connectivity index (χ1v) is 7.84. The van der Waals surface area contributed by atoms with Crippen LogP contribution in [-0.2, 0) is 15.5 Å². The molecule has 2 saturated carbocycles. The van der Waals surface area contributed by atoms with Gasteiger partial charge in [0.05, 0.1) is 24.2 Å². The molecule has 0 aliphatic heterocycles. The van der Waals surface area contributed by atoms with Crippen LogP contribution in [0.3, 0.4) is 0 Å². The van der Waals surface area contributed by atoms with Crippen LogP contribution in [0.15, 0.2) is 23.8 Å². The molecule has 18 heavy (non-hydrogen) atoms. The largest absolute Gasteiger partial charge is 0.504 e. The minimum absolute atomic E-state index is 0.187. The maximum absolute atomic E-state index is 12.6. The second-order valence-corrected chi connectivity index (χ2v) is 8.09. The van der Waals surface area contributed by atoms with Crippen molar-refractivity contribution in [2.24, 2.45) is 16.7 Å². The van der Waals surface area contributed by atoms with Crippen LogP contribution < -0.4 is 0 Å². The predicted octanol–water partition coefficient (Wildman–Crippen LogP) is 3.62. The molecule has 2 aliphatic carbocycles. The van der Waals surface area contributed by atoms with Gasteiger partial charge < -0.3 is 4.74 Å². The van der Waals surface area contributed by atoms with Crippen molar-refractivity contribution in [3.05, 3.63) is 23.8 Å². The topological polar surface area (TPSA) is 26.3 Å². The van der Waals surface area contributed by atoms with Crippen LogP contribution in [0.2, 0.25) is 0 Å². The van der Waals surface area contributed by atoms with Gasteiger partial charge in [0.25, 0.3) is 0 Å². The van der Waals surface area contributed by atoms with Gasteiger partial charge in [0.2, 0.25) is 0 Å². The van der Waals surface area contributed by atoms with Crippen LogP contribution in [0.4, 0.5) is 0 Å². The lowest BCUT2D eigenvalue weighted by atomic mass is 9.71. The fourth-order valence-electron chi connectivity index (χ4n) is 3.85. The molecule has 0 heterocycles. The van der Waals surface area contributed by atoms with Gasteiger partial charge in [-0.2, -0.15) is 0 Å². The minimum Gasteiger partial charge on any atom is -0.504 e. The van der Waals surface area contributed by atoms with Crippen LogP contribution >= 0.6 is 0 Å². The highest BCUT2D eigenvalue weighted by atomic mass is 32.2. The molecule has 3 heteroatoms. The fraction of sp³-hybridized carbons (Fsp3) is 0.733. The van der Waals surface area contributed by atoms with Crippen molar-refractivity contribution >= 4 is 10.8 Å². The van der Waals surface area contributed by atoms with E-state index in [1.807, 2.05) is 0 Å². The van der Waals surface area contributed by atoms with Crippen molar-refractivity contribution in [2.45, 2.75) is 45.3 Å². The lowest BCUT2D eigenvalue weighted by Gasteiger charge is -2.38. The molecule has 2 aliphatic rings. The van der Waals surface area contributed by atoms with Crippen LogP contribution in [-0.4, -0.2) is 16.6 Å². The Labute approximate surface area is 113 Å². The summed E-state index contributed by atoms with van der Waals surface area (Å²) < 4.78 is 17.5. The number of hydrogen-bond acceptors (Lipinski definition) is 2. The molecule has 2 nitrogen and oxygen atoms in total. The number of ether oxygens (including phenoxy) is 1. The monoisotopic (exact) mass is 268 g/mol. The highest BCUT2D eigenvalue weighted by Gasteiger charge is 2.62. The lowest BCUT2D eigenvalue weighted by molar-refractivity contribution is 0.155. The smallest absolute Gasteiger partial charge is 0.0836 e. The van der Waals surface area contributed by atoms with Crippen LogP contribution in [0.25, 0.3) is 0 Å². The summed E-state index contributed by atoms with van der Waals surface area (Å²) in [5.74, 6) is 0.718. The van der Waals surface area contributed by atoms with Crippen molar-refractivity contribution in [1.29, 1.82) is 0 Å². The van der Waals surface area contributed by atoms with E-state index < -0.39 is 10.8 Å². The summed E-state index contributed by atoms with van der Waals surface area (Å²) in [7, 11) is 0.604. The second kappa shape index (κ2) is 4.52. The zero-order valence-electron chi connectivity index (χ0n) is 11.9. The van der Waals surface area contributed by atoms with Crippen molar-refractivity contribution in [3.63, 3.8) is 0 Å². The van der Waals surface area contributed by atoms with E-state index in [4.69, 9.17) is 4.74 Å². The molecule has 0 N–H and O–H groups in total. The summed E-state index contributed by atoms with van der Waals surface area (Å²) in [6, 6.07) is 0. The Bertz CT molecular complexity index is 411. The summed E-state index contributed by atoms with van der Waals surface area (Å²) >= 11 is 0. The molecular weight excluding hydrogens is 244 g/mol. The third-order valence-corrected chi connectivity index (χ3v) is 7.50. The molecule has 0 amide bonds. The molecule has 102 valence electrons. The van der Waals surface area contributed by atoms with Crippen LogP contribution in [0.5, 0.6) is 0 Å². The highest BCUT2D eigenvalue weighted by Crippen LogP contribution is 2.66. The summed E-state index contributed by atoms with van der Waals surface area (Å²) in [5, 5.41) is 0.250. The molecule has 4 atom stereocenters. The van der Waals surface area contributed by atoms with Gasteiger partial charge in [-0.1, -0.05) is 27.4 Å². The van der Waals surface area contributed by atoms with E-state index in [0.29, 0.717) is 10.3 Å². The Hall–Kier alpha value is -0.570. The number of allylic oxidation sites excluding steroid dienone is 1. The summed E-state index contributed by atoms with van der Waals surface area (Å²) in [4.78, 5) is 0.687. The van der Waals surface area contributed by atoms with E-state index in [0.717, 1.165) is 12.3 Å². The Morgan fingerprint density at radius 2 is 2.11 bits per heavy atom. The van der Waals surface area contributed by atoms with Gasteiger partial charge in [-0.15, -0.1) is 0 Å². The zero-order valence-corrected chi connectivity index (χ0v) is 12.7. The molecule has 2 rings (SSSR count). The average Bonchev–Trinajstić information content (AvgIpc) is 2.67. The third kappa shape index (κ3) is 1.78. The van der Waals surface area contributed by atoms with Gasteiger partial charge in [0, 0.05) is 10.2 Å². The van der Waals surface area contributed by atoms with E-state index in [1.54, 1.807) is 19.4 Å². The zero-order chi connectivity index (χ0) is 13.6. The Balaban J connectivity index is 2.20. The summed E-state index contributed by atoms with van der Waals surface area (Å²) in [6.45, 7) is 10.9. The number of hydrogen-bond donors (Lipinski definition) is 0. The molecule has 0 radical (unpaired) electrons. The molecule has 2 fully saturated rings. The number of fused-ring (bicyclic) bond motifs is 2. The summed E-state index contributed by atoms with van der Waals surface area (Å²) in [6.07, 6.45) is 6.86. The second-order valence-electron chi connectivity index (χ2n) is 6.40. The normalized spacial score (nSPS) is 39.1. The molecule has 0 spiro atoms. The van der Waals surface area contributed by atoms with Crippen molar-refractivity contribution in [2.75, 3.05) is 7.11 Å². The molecule has 0 unspecified atom stereocenters.